The van der Waals surface area contributed by atoms with E-state index in [4.69, 9.17) is 10.5 Å². The molecule has 0 aliphatic rings. The molecule has 0 heterocycles. The van der Waals surface area contributed by atoms with Crippen LogP contribution in [0, 0.1) is 5.82 Å². The number of nitrogens with two attached hydrogens (primary N) is 1. The van der Waals surface area contributed by atoms with Crippen LogP contribution in [0.15, 0.2) is 22.7 Å². The number of hydrogen-bond acceptors (Lipinski definition) is 2. The van der Waals surface area contributed by atoms with Crippen LogP contribution in [0.4, 0.5) is 4.39 Å². The van der Waals surface area contributed by atoms with Crippen LogP contribution >= 0.6 is 15.9 Å². The molecule has 0 saturated heterocycles. The Kier molecular flexibility index (Phi) is 3.49. The average molecular weight is 234 g/mol. The molecule has 4 heteroatoms. The third kappa shape index (κ3) is 2.19. The Morgan fingerprint density at radius 2 is 2.25 bits per heavy atom. The minimum Gasteiger partial charge on any atom is -0.491 e. The van der Waals surface area contributed by atoms with Gasteiger partial charge in [0.25, 0.3) is 0 Å². The van der Waals surface area contributed by atoms with Crippen molar-refractivity contribution >= 4 is 15.9 Å². The number of rotatable bonds is 3. The third-order valence-electron chi connectivity index (χ3n) is 1.29. The molecule has 1 rings (SSSR count). The Bertz CT molecular complexity index is 267. The van der Waals surface area contributed by atoms with Crippen LogP contribution in [-0.2, 0) is 0 Å². The van der Waals surface area contributed by atoms with Crippen molar-refractivity contribution in [3.63, 3.8) is 0 Å². The minimum atomic E-state index is -0.329. The van der Waals surface area contributed by atoms with E-state index in [0.717, 1.165) is 0 Å². The molecule has 1 aromatic rings. The van der Waals surface area contributed by atoms with Crippen molar-refractivity contribution in [3.05, 3.63) is 28.5 Å². The first kappa shape index (κ1) is 9.48. The summed E-state index contributed by atoms with van der Waals surface area (Å²) >= 11 is 3.07. The van der Waals surface area contributed by atoms with Gasteiger partial charge in [-0.3, -0.25) is 0 Å². The summed E-state index contributed by atoms with van der Waals surface area (Å²) in [6, 6.07) is 4.63. The van der Waals surface area contributed by atoms with Crippen LogP contribution < -0.4 is 10.5 Å². The number of hydrogen-bond donors (Lipinski definition) is 1. The molecule has 0 radical (unpaired) electrons. The lowest BCUT2D eigenvalue weighted by Gasteiger charge is -2.06. The van der Waals surface area contributed by atoms with E-state index >= 15 is 0 Å². The molecule has 0 saturated carbocycles. The lowest BCUT2D eigenvalue weighted by molar-refractivity contribution is 0.324. The maximum atomic E-state index is 12.8. The van der Waals surface area contributed by atoms with Crippen molar-refractivity contribution in [1.29, 1.82) is 0 Å². The van der Waals surface area contributed by atoms with E-state index < -0.39 is 0 Å². The molecule has 2 nitrogen and oxygen atoms in total. The fraction of sp³-hybridized carbons (Fsp3) is 0.250. The molecule has 0 bridgehead atoms. The zero-order valence-electron chi connectivity index (χ0n) is 6.39. The summed E-state index contributed by atoms with van der Waals surface area (Å²) in [4.78, 5) is 0. The van der Waals surface area contributed by atoms with Crippen molar-refractivity contribution in [2.75, 3.05) is 13.2 Å². The van der Waals surface area contributed by atoms with Gasteiger partial charge >= 0.3 is 0 Å². The van der Waals surface area contributed by atoms with Gasteiger partial charge in [0.05, 0.1) is 4.47 Å². The first-order chi connectivity index (χ1) is 5.75. The van der Waals surface area contributed by atoms with Gasteiger partial charge in [0, 0.05) is 6.54 Å². The zero-order valence-corrected chi connectivity index (χ0v) is 7.97. The van der Waals surface area contributed by atoms with Gasteiger partial charge in [-0.25, -0.2) is 4.39 Å². The van der Waals surface area contributed by atoms with Gasteiger partial charge in [0.2, 0.25) is 0 Å². The maximum absolute atomic E-state index is 12.8. The molecular weight excluding hydrogens is 225 g/mol. The van der Waals surface area contributed by atoms with Crippen LogP contribution in [-0.4, -0.2) is 13.2 Å². The first-order valence-electron chi connectivity index (χ1n) is 3.52. The van der Waals surface area contributed by atoms with E-state index in [-0.39, 0.29) is 5.82 Å². The van der Waals surface area contributed by atoms with Gasteiger partial charge in [-0.15, -0.1) is 0 Å². The Labute approximate surface area is 78.6 Å². The smallest absolute Gasteiger partial charge is 0.141 e. The first-order valence-corrected chi connectivity index (χ1v) is 4.32. The molecule has 0 aromatic heterocycles. The van der Waals surface area contributed by atoms with E-state index in [1.54, 1.807) is 12.1 Å². The van der Waals surface area contributed by atoms with Gasteiger partial charge in [-0.1, -0.05) is 6.07 Å². The van der Waals surface area contributed by atoms with Crippen molar-refractivity contribution < 1.29 is 9.13 Å². The summed E-state index contributed by atoms with van der Waals surface area (Å²) in [5.74, 6) is 0.157. The van der Waals surface area contributed by atoms with E-state index in [9.17, 15) is 4.39 Å². The molecule has 0 aliphatic carbocycles. The molecule has 0 unspecified atom stereocenters. The van der Waals surface area contributed by atoms with E-state index in [1.807, 2.05) is 0 Å². The van der Waals surface area contributed by atoms with Gasteiger partial charge in [-0.05, 0) is 28.1 Å². The highest BCUT2D eigenvalue weighted by Gasteiger charge is 2.04. The quantitative estimate of drug-likeness (QED) is 0.867. The maximum Gasteiger partial charge on any atom is 0.141 e. The van der Waals surface area contributed by atoms with Crippen molar-refractivity contribution in [1.82, 2.24) is 0 Å². The van der Waals surface area contributed by atoms with Crippen LogP contribution in [0.1, 0.15) is 0 Å². The highest BCUT2D eigenvalue weighted by Crippen LogP contribution is 2.26. The second kappa shape index (κ2) is 4.42. The lowest BCUT2D eigenvalue weighted by Crippen LogP contribution is -2.10. The van der Waals surface area contributed by atoms with Gasteiger partial charge < -0.3 is 10.5 Å². The molecule has 0 atom stereocenters. The van der Waals surface area contributed by atoms with E-state index in [0.29, 0.717) is 23.4 Å². The predicted molar refractivity (Wildman–Crippen MR) is 48.6 cm³/mol. The second-order valence-electron chi connectivity index (χ2n) is 2.19. The molecule has 12 heavy (non-hydrogen) atoms. The fourth-order valence-corrected chi connectivity index (χ4v) is 1.14. The second-order valence-corrected chi connectivity index (χ2v) is 2.98. The topological polar surface area (TPSA) is 35.2 Å². The summed E-state index contributed by atoms with van der Waals surface area (Å²) in [5.41, 5.74) is 5.23. The normalized spacial score (nSPS) is 9.92. The Hall–Kier alpha value is -0.610. The van der Waals surface area contributed by atoms with Gasteiger partial charge in [0.1, 0.15) is 18.2 Å². The van der Waals surface area contributed by atoms with Crippen LogP contribution in [0.2, 0.25) is 0 Å². The van der Waals surface area contributed by atoms with Crippen molar-refractivity contribution in [2.45, 2.75) is 0 Å². The van der Waals surface area contributed by atoms with Crippen molar-refractivity contribution in [3.8, 4) is 5.75 Å². The summed E-state index contributed by atoms with van der Waals surface area (Å²) in [6.07, 6.45) is 0. The fourth-order valence-electron chi connectivity index (χ4n) is 0.764. The standard InChI is InChI=1S/C8H9BrFNO/c9-8-6(10)2-1-3-7(8)12-5-4-11/h1-3H,4-5,11H2. The van der Waals surface area contributed by atoms with E-state index in [1.165, 1.54) is 6.07 Å². The molecular formula is C8H9BrFNO. The van der Waals surface area contributed by atoms with Crippen LogP contribution in [0.3, 0.4) is 0 Å². The molecule has 0 amide bonds. The molecule has 1 aromatic carbocycles. The zero-order chi connectivity index (χ0) is 8.97. The van der Waals surface area contributed by atoms with Crippen LogP contribution in [0.25, 0.3) is 0 Å². The lowest BCUT2D eigenvalue weighted by atomic mass is 10.3. The number of ether oxygens (including phenoxy) is 1. The average Bonchev–Trinajstić information content (AvgIpc) is 2.08. The Morgan fingerprint density at radius 3 is 2.92 bits per heavy atom. The molecule has 0 fully saturated rings. The summed E-state index contributed by atoms with van der Waals surface area (Å²) in [6.45, 7) is 0.811. The van der Waals surface area contributed by atoms with Crippen molar-refractivity contribution in [2.24, 2.45) is 5.73 Å². The van der Waals surface area contributed by atoms with Gasteiger partial charge in [0.15, 0.2) is 0 Å². The van der Waals surface area contributed by atoms with E-state index in [2.05, 4.69) is 15.9 Å². The Morgan fingerprint density at radius 1 is 1.50 bits per heavy atom. The summed E-state index contributed by atoms with van der Waals surface area (Å²) < 4.78 is 18.3. The minimum absolute atomic E-state index is 0.329. The Balaban J connectivity index is 2.78. The monoisotopic (exact) mass is 233 g/mol. The third-order valence-corrected chi connectivity index (χ3v) is 2.06. The molecule has 0 spiro atoms. The highest BCUT2D eigenvalue weighted by molar-refractivity contribution is 9.10. The molecule has 0 aliphatic heterocycles. The summed E-state index contributed by atoms with van der Waals surface area (Å²) in [7, 11) is 0. The van der Waals surface area contributed by atoms with Crippen LogP contribution in [0.5, 0.6) is 5.75 Å². The summed E-state index contributed by atoms with van der Waals surface area (Å²) in [5, 5.41) is 0. The largest absolute Gasteiger partial charge is 0.491 e. The highest BCUT2D eigenvalue weighted by atomic mass is 79.9. The number of halogens is 2. The molecule has 66 valence electrons. The van der Waals surface area contributed by atoms with Gasteiger partial charge in [-0.2, -0.15) is 0 Å². The SMILES string of the molecule is NCCOc1cccc(F)c1Br. The molecule has 2 N–H and O–H groups in total. The predicted octanol–water partition coefficient (Wildman–Crippen LogP) is 1.93. The number of benzene rings is 1.